The zero-order valence-electron chi connectivity index (χ0n) is 16.0. The van der Waals surface area contributed by atoms with E-state index in [1.165, 1.54) is 10.2 Å². The lowest BCUT2D eigenvalue weighted by molar-refractivity contribution is -0.129. The predicted molar refractivity (Wildman–Crippen MR) is 119 cm³/mol. The number of benzene rings is 2. The molecule has 7 heteroatoms. The van der Waals surface area contributed by atoms with Gasteiger partial charge >= 0.3 is 0 Å². The van der Waals surface area contributed by atoms with Crippen LogP contribution in [-0.2, 0) is 11.3 Å². The number of aromatic nitrogens is 3. The van der Waals surface area contributed by atoms with Gasteiger partial charge in [-0.15, -0.1) is 11.3 Å². The van der Waals surface area contributed by atoms with Crippen LogP contribution in [0.5, 0.6) is 0 Å². The number of fused-ring (bicyclic) bond motifs is 2. The minimum atomic E-state index is 0.223. The summed E-state index contributed by atoms with van der Waals surface area (Å²) in [6.45, 7) is 2.66. The number of carbonyl (C=O) groups is 1. The normalized spacial score (nSPS) is 15.4. The molecular weight excluding hydrogens is 400 g/mol. The Kier molecular flexibility index (Phi) is 5.24. The summed E-state index contributed by atoms with van der Waals surface area (Å²) in [5.74, 6) is 1.28. The average molecular weight is 423 g/mol. The van der Waals surface area contributed by atoms with E-state index in [2.05, 4.69) is 38.8 Å². The number of imidazole rings is 1. The minimum absolute atomic E-state index is 0.223. The Labute approximate surface area is 177 Å². The van der Waals surface area contributed by atoms with E-state index in [0.717, 1.165) is 47.8 Å². The fourth-order valence-electron chi connectivity index (χ4n) is 3.93. The van der Waals surface area contributed by atoms with Crippen molar-refractivity contribution in [2.24, 2.45) is 5.92 Å². The predicted octanol–water partition coefficient (Wildman–Crippen LogP) is 4.68. The lowest BCUT2D eigenvalue weighted by Gasteiger charge is -2.32. The van der Waals surface area contributed by atoms with Crippen LogP contribution in [0.1, 0.15) is 12.8 Å². The summed E-state index contributed by atoms with van der Waals surface area (Å²) in [4.78, 5) is 23.8. The smallest absolute Gasteiger partial charge is 0.233 e. The lowest BCUT2D eigenvalue weighted by atomic mass is 9.96. The van der Waals surface area contributed by atoms with Gasteiger partial charge in [-0.1, -0.05) is 36.0 Å². The van der Waals surface area contributed by atoms with Crippen LogP contribution in [0, 0.1) is 5.92 Å². The third-order valence-electron chi connectivity index (χ3n) is 5.54. The van der Waals surface area contributed by atoms with E-state index in [4.69, 9.17) is 0 Å². The van der Waals surface area contributed by atoms with E-state index in [1.807, 2.05) is 35.5 Å². The summed E-state index contributed by atoms with van der Waals surface area (Å²) in [7, 11) is 0. The second-order valence-electron chi connectivity index (χ2n) is 7.45. The number of para-hydroxylation sites is 3. The van der Waals surface area contributed by atoms with Gasteiger partial charge in [0, 0.05) is 19.6 Å². The molecule has 3 heterocycles. The van der Waals surface area contributed by atoms with Gasteiger partial charge in [-0.05, 0) is 43.0 Å². The largest absolute Gasteiger partial charge is 0.342 e. The Morgan fingerprint density at radius 3 is 2.66 bits per heavy atom. The quantitative estimate of drug-likeness (QED) is 0.438. The van der Waals surface area contributed by atoms with Crippen LogP contribution >= 0.6 is 23.1 Å². The SMILES string of the molecule is O=C(CSc1nc2ccccc2s1)N1CCC(Cn2cnc3ccccc32)CC1. The van der Waals surface area contributed by atoms with Crippen LogP contribution in [-0.4, -0.2) is 44.2 Å². The molecule has 0 atom stereocenters. The van der Waals surface area contributed by atoms with Gasteiger partial charge in [-0.25, -0.2) is 9.97 Å². The molecule has 1 aliphatic rings. The Hall–Kier alpha value is -2.38. The maximum Gasteiger partial charge on any atom is 0.233 e. The number of hydrogen-bond donors (Lipinski definition) is 0. The maximum atomic E-state index is 12.7. The number of carbonyl (C=O) groups excluding carboxylic acids is 1. The van der Waals surface area contributed by atoms with Crippen molar-refractivity contribution in [3.05, 3.63) is 54.9 Å². The molecule has 1 amide bonds. The fraction of sp³-hybridized carbons (Fsp3) is 0.318. The highest BCUT2D eigenvalue weighted by atomic mass is 32.2. The van der Waals surface area contributed by atoms with Crippen LogP contribution in [0.2, 0.25) is 0 Å². The third kappa shape index (κ3) is 4.02. The number of hydrogen-bond acceptors (Lipinski definition) is 5. The monoisotopic (exact) mass is 422 g/mol. The van der Waals surface area contributed by atoms with E-state index in [-0.39, 0.29) is 5.91 Å². The Balaban J connectivity index is 1.13. The fourth-order valence-corrected chi connectivity index (χ4v) is 5.90. The van der Waals surface area contributed by atoms with Crippen LogP contribution in [0.3, 0.4) is 0 Å². The average Bonchev–Trinajstić information content (AvgIpc) is 3.36. The highest BCUT2D eigenvalue weighted by Crippen LogP contribution is 2.30. The summed E-state index contributed by atoms with van der Waals surface area (Å²) in [5.41, 5.74) is 3.26. The summed E-state index contributed by atoms with van der Waals surface area (Å²) in [6, 6.07) is 16.4. The molecule has 0 radical (unpaired) electrons. The van der Waals surface area contributed by atoms with Crippen LogP contribution in [0.4, 0.5) is 0 Å². The van der Waals surface area contributed by atoms with Crippen LogP contribution < -0.4 is 0 Å². The molecule has 2 aromatic heterocycles. The van der Waals surface area contributed by atoms with Crippen molar-refractivity contribution in [1.29, 1.82) is 0 Å². The van der Waals surface area contributed by atoms with Crippen molar-refractivity contribution in [3.8, 4) is 0 Å². The van der Waals surface area contributed by atoms with Gasteiger partial charge < -0.3 is 9.47 Å². The summed E-state index contributed by atoms with van der Waals surface area (Å²) < 4.78 is 4.40. The second kappa shape index (κ2) is 8.16. The van der Waals surface area contributed by atoms with Crippen LogP contribution in [0.25, 0.3) is 21.3 Å². The van der Waals surface area contributed by atoms with Crippen molar-refractivity contribution >= 4 is 50.3 Å². The number of rotatable bonds is 5. The van der Waals surface area contributed by atoms with Crippen molar-refractivity contribution < 1.29 is 4.79 Å². The number of amides is 1. The third-order valence-corrected chi connectivity index (χ3v) is 7.71. The first-order valence-corrected chi connectivity index (χ1v) is 11.7. The Bertz CT molecular complexity index is 1110. The summed E-state index contributed by atoms with van der Waals surface area (Å²) >= 11 is 3.22. The van der Waals surface area contributed by atoms with E-state index >= 15 is 0 Å². The van der Waals surface area contributed by atoms with Crippen molar-refractivity contribution in [2.45, 2.75) is 23.7 Å². The molecule has 0 N–H and O–H groups in total. The topological polar surface area (TPSA) is 51.0 Å². The number of likely N-dealkylation sites (tertiary alicyclic amines) is 1. The molecule has 0 spiro atoms. The highest BCUT2D eigenvalue weighted by molar-refractivity contribution is 8.01. The number of thioether (sulfide) groups is 1. The standard InChI is InChI=1S/C22H22N4OS2/c27-21(14-28-22-24-18-6-2-4-8-20(18)29-22)25-11-9-16(10-12-25)13-26-15-23-17-5-1-3-7-19(17)26/h1-8,15-16H,9-14H2. The Morgan fingerprint density at radius 1 is 1.07 bits per heavy atom. The molecule has 148 valence electrons. The summed E-state index contributed by atoms with van der Waals surface area (Å²) in [6.07, 6.45) is 4.03. The zero-order chi connectivity index (χ0) is 19.6. The van der Waals surface area contributed by atoms with E-state index in [9.17, 15) is 4.79 Å². The lowest BCUT2D eigenvalue weighted by Crippen LogP contribution is -2.40. The van der Waals surface area contributed by atoms with Gasteiger partial charge in [-0.3, -0.25) is 4.79 Å². The molecule has 0 bridgehead atoms. The molecule has 29 heavy (non-hydrogen) atoms. The second-order valence-corrected chi connectivity index (χ2v) is 9.70. The van der Waals surface area contributed by atoms with Gasteiger partial charge in [0.1, 0.15) is 0 Å². The molecule has 0 aliphatic carbocycles. The van der Waals surface area contributed by atoms with E-state index in [1.54, 1.807) is 23.1 Å². The Morgan fingerprint density at radius 2 is 1.83 bits per heavy atom. The van der Waals surface area contributed by atoms with Crippen molar-refractivity contribution in [3.63, 3.8) is 0 Å². The first-order chi connectivity index (χ1) is 14.3. The first-order valence-electron chi connectivity index (χ1n) is 9.92. The molecule has 1 aliphatic heterocycles. The molecule has 5 rings (SSSR count). The molecule has 4 aromatic rings. The van der Waals surface area contributed by atoms with Gasteiger partial charge in [0.2, 0.25) is 5.91 Å². The molecular formula is C22H22N4OS2. The summed E-state index contributed by atoms with van der Waals surface area (Å²) in [5, 5.41) is 0. The van der Waals surface area contributed by atoms with Gasteiger partial charge in [0.15, 0.2) is 4.34 Å². The molecule has 5 nitrogen and oxygen atoms in total. The van der Waals surface area contributed by atoms with E-state index in [0.29, 0.717) is 11.7 Å². The first kappa shape index (κ1) is 18.6. The molecule has 2 aromatic carbocycles. The maximum absolute atomic E-state index is 12.7. The van der Waals surface area contributed by atoms with Gasteiger partial charge in [0.05, 0.1) is 33.3 Å². The molecule has 0 unspecified atom stereocenters. The minimum Gasteiger partial charge on any atom is -0.342 e. The van der Waals surface area contributed by atoms with Crippen molar-refractivity contribution in [2.75, 3.05) is 18.8 Å². The van der Waals surface area contributed by atoms with Gasteiger partial charge in [-0.2, -0.15) is 0 Å². The molecule has 1 saturated heterocycles. The number of thiazole rings is 1. The van der Waals surface area contributed by atoms with Crippen LogP contribution in [0.15, 0.2) is 59.2 Å². The molecule has 1 fully saturated rings. The number of piperidine rings is 1. The van der Waals surface area contributed by atoms with E-state index < -0.39 is 0 Å². The zero-order valence-corrected chi connectivity index (χ0v) is 17.7. The number of nitrogens with zero attached hydrogens (tertiary/aromatic N) is 4. The highest BCUT2D eigenvalue weighted by Gasteiger charge is 2.23. The molecule has 0 saturated carbocycles. The van der Waals surface area contributed by atoms with Crippen molar-refractivity contribution in [1.82, 2.24) is 19.4 Å². The van der Waals surface area contributed by atoms with Gasteiger partial charge in [0.25, 0.3) is 0 Å².